The van der Waals surface area contributed by atoms with Gasteiger partial charge in [-0.1, -0.05) is 20.8 Å². The summed E-state index contributed by atoms with van der Waals surface area (Å²) < 4.78 is 1.06. The van der Waals surface area contributed by atoms with Gasteiger partial charge in [0.25, 0.3) is 0 Å². The van der Waals surface area contributed by atoms with Crippen LogP contribution in [0.25, 0.3) is 0 Å². The number of nitrogens with two attached hydrogens (primary N) is 1. The Hall–Kier alpha value is -0.700. The van der Waals surface area contributed by atoms with E-state index in [1.807, 2.05) is 12.1 Å². The van der Waals surface area contributed by atoms with Gasteiger partial charge in [0.1, 0.15) is 0 Å². The quantitative estimate of drug-likeness (QED) is 0.777. The number of nitrogens with one attached hydrogen (secondary N) is 1. The maximum atomic E-state index is 5.82. The lowest BCUT2D eigenvalue weighted by Gasteiger charge is -2.43. The minimum absolute atomic E-state index is 0.369. The molecular formula is C16H23BrN2. The van der Waals surface area contributed by atoms with Gasteiger partial charge in [-0.2, -0.15) is 0 Å². The first-order chi connectivity index (χ1) is 8.83. The predicted octanol–water partition coefficient (Wildman–Crippen LogP) is 4.66. The van der Waals surface area contributed by atoms with Gasteiger partial charge in [-0.05, 0) is 70.1 Å². The molecular weight excluding hydrogens is 300 g/mol. The molecule has 0 aliphatic heterocycles. The van der Waals surface area contributed by atoms with Crippen molar-refractivity contribution in [3.05, 3.63) is 22.7 Å². The summed E-state index contributed by atoms with van der Waals surface area (Å²) in [6.45, 7) is 7.29. The molecule has 3 heteroatoms. The summed E-state index contributed by atoms with van der Waals surface area (Å²) >= 11 is 3.62. The van der Waals surface area contributed by atoms with E-state index in [0.717, 1.165) is 16.1 Å². The van der Waals surface area contributed by atoms with Crippen LogP contribution < -0.4 is 11.1 Å². The zero-order valence-electron chi connectivity index (χ0n) is 12.0. The lowest BCUT2D eigenvalue weighted by Crippen LogP contribution is -2.45. The van der Waals surface area contributed by atoms with Crippen molar-refractivity contribution in [1.82, 2.24) is 0 Å². The second-order valence-electron chi connectivity index (χ2n) is 7.23. The van der Waals surface area contributed by atoms with E-state index < -0.39 is 0 Å². The molecule has 3 rings (SSSR count). The molecule has 0 spiro atoms. The van der Waals surface area contributed by atoms with Crippen LogP contribution in [0.1, 0.15) is 40.0 Å². The fourth-order valence-electron chi connectivity index (χ4n) is 4.47. The van der Waals surface area contributed by atoms with Gasteiger partial charge in [-0.25, -0.2) is 0 Å². The second-order valence-corrected chi connectivity index (χ2v) is 8.09. The third-order valence-corrected chi connectivity index (χ3v) is 6.22. The molecule has 0 radical (unpaired) electrons. The van der Waals surface area contributed by atoms with E-state index in [9.17, 15) is 0 Å². The molecule has 3 unspecified atom stereocenters. The van der Waals surface area contributed by atoms with Crippen LogP contribution >= 0.6 is 15.9 Å². The molecule has 0 aromatic heterocycles. The maximum absolute atomic E-state index is 5.82. The molecule has 0 amide bonds. The molecule has 2 bridgehead atoms. The highest BCUT2D eigenvalue weighted by molar-refractivity contribution is 9.10. The van der Waals surface area contributed by atoms with Crippen molar-refractivity contribution in [2.45, 2.75) is 46.1 Å². The summed E-state index contributed by atoms with van der Waals surface area (Å²) in [5, 5.41) is 3.80. The van der Waals surface area contributed by atoms with Crippen molar-refractivity contribution in [2.24, 2.45) is 16.7 Å². The van der Waals surface area contributed by atoms with Crippen LogP contribution in [0.3, 0.4) is 0 Å². The largest absolute Gasteiger partial charge is 0.399 e. The van der Waals surface area contributed by atoms with Crippen LogP contribution in [0.5, 0.6) is 0 Å². The van der Waals surface area contributed by atoms with Crippen LogP contribution in [-0.4, -0.2) is 6.04 Å². The Labute approximate surface area is 124 Å². The number of hydrogen-bond acceptors (Lipinski definition) is 2. The molecule has 0 saturated heterocycles. The highest BCUT2D eigenvalue weighted by Crippen LogP contribution is 2.63. The molecule has 2 aliphatic carbocycles. The van der Waals surface area contributed by atoms with E-state index in [4.69, 9.17) is 5.73 Å². The van der Waals surface area contributed by atoms with Gasteiger partial charge in [0.2, 0.25) is 0 Å². The molecule has 2 nitrogen and oxygen atoms in total. The van der Waals surface area contributed by atoms with Gasteiger partial charge in [-0.3, -0.25) is 0 Å². The van der Waals surface area contributed by atoms with Crippen molar-refractivity contribution in [3.63, 3.8) is 0 Å². The molecule has 3 atom stereocenters. The third kappa shape index (κ3) is 1.97. The van der Waals surface area contributed by atoms with E-state index in [1.54, 1.807) is 0 Å². The molecule has 2 aliphatic rings. The fourth-order valence-corrected chi connectivity index (χ4v) is 4.98. The summed E-state index contributed by atoms with van der Waals surface area (Å²) in [6, 6.07) is 6.57. The predicted molar refractivity (Wildman–Crippen MR) is 85.2 cm³/mol. The summed E-state index contributed by atoms with van der Waals surface area (Å²) in [4.78, 5) is 0. The number of benzene rings is 1. The number of nitrogen functional groups attached to an aromatic ring is 1. The summed E-state index contributed by atoms with van der Waals surface area (Å²) in [5.74, 6) is 0.863. The lowest BCUT2D eigenvalue weighted by molar-refractivity contribution is 0.155. The lowest BCUT2D eigenvalue weighted by atomic mass is 9.68. The minimum atomic E-state index is 0.369. The van der Waals surface area contributed by atoms with Crippen LogP contribution in [0.4, 0.5) is 11.4 Å². The van der Waals surface area contributed by atoms with E-state index in [-0.39, 0.29) is 0 Å². The second kappa shape index (κ2) is 4.15. The minimum Gasteiger partial charge on any atom is -0.399 e. The summed E-state index contributed by atoms with van der Waals surface area (Å²) in [6.07, 6.45) is 4.11. The molecule has 3 N–H and O–H groups in total. The van der Waals surface area contributed by atoms with Crippen molar-refractivity contribution in [1.29, 1.82) is 0 Å². The Bertz CT molecular complexity index is 507. The number of anilines is 2. The van der Waals surface area contributed by atoms with Crippen LogP contribution in [0.15, 0.2) is 22.7 Å². The SMILES string of the molecule is CC12CCC(C1)C(C)(C)C2Nc1ccc(N)cc1Br. The maximum Gasteiger partial charge on any atom is 0.0488 e. The average molecular weight is 323 g/mol. The zero-order chi connectivity index (χ0) is 13.8. The van der Waals surface area contributed by atoms with Gasteiger partial charge in [0.05, 0.1) is 0 Å². The number of halogens is 1. The Kier molecular flexibility index (Phi) is 2.90. The van der Waals surface area contributed by atoms with Crippen LogP contribution in [0.2, 0.25) is 0 Å². The Morgan fingerprint density at radius 2 is 2.05 bits per heavy atom. The molecule has 104 valence electrons. The van der Waals surface area contributed by atoms with Crippen LogP contribution in [0, 0.1) is 16.7 Å². The summed E-state index contributed by atoms with van der Waals surface area (Å²) in [5.41, 5.74) is 8.60. The molecule has 2 saturated carbocycles. The molecule has 2 fully saturated rings. The van der Waals surface area contributed by atoms with E-state index >= 15 is 0 Å². The van der Waals surface area contributed by atoms with Gasteiger partial charge < -0.3 is 11.1 Å². The highest BCUT2D eigenvalue weighted by atomic mass is 79.9. The summed E-state index contributed by atoms with van der Waals surface area (Å²) in [7, 11) is 0. The molecule has 1 aromatic carbocycles. The normalized spacial score (nSPS) is 35.6. The Balaban J connectivity index is 1.90. The van der Waals surface area contributed by atoms with Crippen LogP contribution in [-0.2, 0) is 0 Å². The number of fused-ring (bicyclic) bond motifs is 2. The highest BCUT2D eigenvalue weighted by Gasteiger charge is 2.59. The number of hydrogen-bond donors (Lipinski definition) is 2. The standard InChI is InChI=1S/C16H23BrN2/c1-15(2)10-6-7-16(3,9-10)14(15)19-13-5-4-11(18)8-12(13)17/h4-5,8,10,14,19H,6-7,9,18H2,1-3H3. The van der Waals surface area contributed by atoms with Gasteiger partial charge in [0, 0.05) is 21.9 Å². The Morgan fingerprint density at radius 1 is 1.32 bits per heavy atom. The van der Waals surface area contributed by atoms with Gasteiger partial charge in [-0.15, -0.1) is 0 Å². The Morgan fingerprint density at radius 3 is 2.63 bits per heavy atom. The van der Waals surface area contributed by atoms with Gasteiger partial charge in [0.15, 0.2) is 0 Å². The van der Waals surface area contributed by atoms with Crippen molar-refractivity contribution in [2.75, 3.05) is 11.1 Å². The van der Waals surface area contributed by atoms with Crippen molar-refractivity contribution >= 4 is 27.3 Å². The van der Waals surface area contributed by atoms with Crippen molar-refractivity contribution in [3.8, 4) is 0 Å². The molecule has 1 aromatic rings. The molecule has 0 heterocycles. The molecule has 19 heavy (non-hydrogen) atoms. The fraction of sp³-hybridized carbons (Fsp3) is 0.625. The first kappa shape index (κ1) is 13.3. The zero-order valence-corrected chi connectivity index (χ0v) is 13.5. The first-order valence-corrected chi connectivity index (χ1v) is 7.94. The van der Waals surface area contributed by atoms with Gasteiger partial charge >= 0.3 is 0 Å². The van der Waals surface area contributed by atoms with E-state index in [0.29, 0.717) is 16.9 Å². The van der Waals surface area contributed by atoms with E-state index in [1.165, 1.54) is 24.9 Å². The third-order valence-electron chi connectivity index (χ3n) is 5.56. The average Bonchev–Trinajstić information content (AvgIpc) is 2.78. The van der Waals surface area contributed by atoms with E-state index in [2.05, 4.69) is 48.1 Å². The monoisotopic (exact) mass is 322 g/mol. The smallest absolute Gasteiger partial charge is 0.0488 e. The first-order valence-electron chi connectivity index (χ1n) is 7.14. The number of rotatable bonds is 2. The topological polar surface area (TPSA) is 38.0 Å². The van der Waals surface area contributed by atoms with Crippen molar-refractivity contribution < 1.29 is 0 Å².